The molecule has 1 aromatic carbocycles. The van der Waals surface area contributed by atoms with Crippen molar-refractivity contribution < 1.29 is 4.79 Å². The van der Waals surface area contributed by atoms with Crippen LogP contribution in [0.3, 0.4) is 0 Å². The molecule has 7 nitrogen and oxygen atoms in total. The Morgan fingerprint density at radius 1 is 1.23 bits per heavy atom. The van der Waals surface area contributed by atoms with Gasteiger partial charge in [-0.15, -0.1) is 0 Å². The molecule has 1 aliphatic carbocycles. The summed E-state index contributed by atoms with van der Waals surface area (Å²) in [4.78, 5) is 25.5. The summed E-state index contributed by atoms with van der Waals surface area (Å²) in [6, 6.07) is 9.19. The number of carbonyl (C=O) groups excluding carboxylic acids is 1. The van der Waals surface area contributed by atoms with Gasteiger partial charge in [0, 0.05) is 34.1 Å². The number of halogens is 1. The number of amides is 1. The van der Waals surface area contributed by atoms with Crippen molar-refractivity contribution in [1.82, 2.24) is 19.3 Å². The van der Waals surface area contributed by atoms with Crippen molar-refractivity contribution in [2.45, 2.75) is 22.9 Å². The van der Waals surface area contributed by atoms with Crippen LogP contribution >= 0.6 is 34.9 Å². The molecule has 0 bridgehead atoms. The molecule has 0 atom stereocenters. The topological polar surface area (TPSA) is 92.7 Å². The predicted octanol–water partition coefficient (Wildman–Crippen LogP) is 4.22. The van der Waals surface area contributed by atoms with Gasteiger partial charge in [-0.2, -0.15) is 4.37 Å². The minimum atomic E-state index is 0.0935. The maximum absolute atomic E-state index is 11.8. The van der Waals surface area contributed by atoms with Crippen molar-refractivity contribution in [3.05, 3.63) is 41.8 Å². The molecule has 2 heterocycles. The number of carbonyl (C=O) groups is 1. The highest BCUT2D eigenvalue weighted by Crippen LogP contribution is 2.31. The van der Waals surface area contributed by atoms with E-state index in [4.69, 9.17) is 11.6 Å². The Kier molecular flexibility index (Phi) is 5.00. The number of hydrogen-bond donors (Lipinski definition) is 2. The Balaban J connectivity index is 1.44. The van der Waals surface area contributed by atoms with Crippen molar-refractivity contribution >= 4 is 57.4 Å². The van der Waals surface area contributed by atoms with Gasteiger partial charge in [-0.3, -0.25) is 4.79 Å². The lowest BCUT2D eigenvalue weighted by Gasteiger charge is -2.07. The maximum Gasteiger partial charge on any atom is 0.227 e. The summed E-state index contributed by atoms with van der Waals surface area (Å²) in [5.74, 6) is 0.830. The van der Waals surface area contributed by atoms with E-state index in [1.54, 1.807) is 6.07 Å². The highest BCUT2D eigenvalue weighted by molar-refractivity contribution is 7.99. The molecule has 1 amide bonds. The first-order chi connectivity index (χ1) is 12.7. The van der Waals surface area contributed by atoms with Crippen LogP contribution in [0.25, 0.3) is 0 Å². The largest absolute Gasteiger partial charge is 0.326 e. The lowest BCUT2D eigenvalue weighted by Crippen LogP contribution is -2.12. The summed E-state index contributed by atoms with van der Waals surface area (Å²) in [6.07, 6.45) is 3.44. The molecule has 1 aliphatic rings. The molecule has 2 N–H and O–H groups in total. The van der Waals surface area contributed by atoms with Gasteiger partial charge in [0.2, 0.25) is 11.0 Å². The van der Waals surface area contributed by atoms with E-state index in [0.717, 1.165) is 23.4 Å². The van der Waals surface area contributed by atoms with Crippen LogP contribution in [0.2, 0.25) is 5.15 Å². The van der Waals surface area contributed by atoms with Gasteiger partial charge in [-0.05, 0) is 48.9 Å². The molecule has 0 unspecified atom stereocenters. The van der Waals surface area contributed by atoms with E-state index < -0.39 is 0 Å². The second-order valence-electron chi connectivity index (χ2n) is 5.62. The fraction of sp³-hybridized carbons (Fsp3) is 0.188. The molecular formula is C16H13ClN6OS2. The molecular weight excluding hydrogens is 392 g/mol. The quantitative estimate of drug-likeness (QED) is 0.469. The number of hydrogen-bond acceptors (Lipinski definition) is 8. The van der Waals surface area contributed by atoms with E-state index in [1.165, 1.54) is 29.6 Å². The van der Waals surface area contributed by atoms with Crippen molar-refractivity contribution in [2.24, 2.45) is 5.92 Å². The summed E-state index contributed by atoms with van der Waals surface area (Å²) in [5, 5.41) is 7.44. The van der Waals surface area contributed by atoms with E-state index in [-0.39, 0.29) is 11.8 Å². The third kappa shape index (κ3) is 4.48. The first-order valence-electron chi connectivity index (χ1n) is 7.83. The van der Waals surface area contributed by atoms with Crippen LogP contribution < -0.4 is 10.6 Å². The molecule has 1 fully saturated rings. The highest BCUT2D eigenvalue weighted by atomic mass is 35.5. The van der Waals surface area contributed by atoms with Gasteiger partial charge in [0.15, 0.2) is 5.16 Å². The third-order valence-corrected chi connectivity index (χ3v) is 5.20. The average molecular weight is 405 g/mol. The molecule has 0 spiro atoms. The minimum Gasteiger partial charge on any atom is -0.326 e. The summed E-state index contributed by atoms with van der Waals surface area (Å²) in [6.45, 7) is 0. The van der Waals surface area contributed by atoms with Gasteiger partial charge >= 0.3 is 0 Å². The highest BCUT2D eigenvalue weighted by Gasteiger charge is 2.29. The monoisotopic (exact) mass is 404 g/mol. The average Bonchev–Trinajstić information content (AvgIpc) is 3.35. The first-order valence-corrected chi connectivity index (χ1v) is 9.79. The maximum atomic E-state index is 11.8. The summed E-state index contributed by atoms with van der Waals surface area (Å²) in [7, 11) is 0. The van der Waals surface area contributed by atoms with Crippen LogP contribution in [0.15, 0.2) is 46.7 Å². The van der Waals surface area contributed by atoms with Gasteiger partial charge in [0.25, 0.3) is 0 Å². The number of nitrogens with zero attached hydrogens (tertiary/aromatic N) is 4. The van der Waals surface area contributed by atoms with E-state index in [1.807, 2.05) is 24.3 Å². The molecule has 2 aromatic heterocycles. The first kappa shape index (κ1) is 17.2. The van der Waals surface area contributed by atoms with E-state index in [2.05, 4.69) is 30.0 Å². The zero-order valence-electron chi connectivity index (χ0n) is 13.3. The number of aromatic nitrogens is 4. The van der Waals surface area contributed by atoms with Crippen LogP contribution in [0.5, 0.6) is 0 Å². The van der Waals surface area contributed by atoms with Gasteiger partial charge in [0.05, 0.1) is 0 Å². The van der Waals surface area contributed by atoms with Gasteiger partial charge in [-0.25, -0.2) is 15.0 Å². The van der Waals surface area contributed by atoms with Crippen molar-refractivity contribution in [2.75, 3.05) is 10.6 Å². The van der Waals surface area contributed by atoms with Gasteiger partial charge < -0.3 is 10.6 Å². The molecule has 0 aliphatic heterocycles. The number of rotatable bonds is 6. The normalized spacial score (nSPS) is 13.4. The lowest BCUT2D eigenvalue weighted by atomic mass is 10.3. The summed E-state index contributed by atoms with van der Waals surface area (Å²) >= 11 is 8.70. The zero-order chi connectivity index (χ0) is 17.9. The zero-order valence-corrected chi connectivity index (χ0v) is 15.7. The summed E-state index contributed by atoms with van der Waals surface area (Å²) < 4.78 is 3.93. The Hall–Kier alpha value is -2.23. The van der Waals surface area contributed by atoms with Crippen LogP contribution in [-0.4, -0.2) is 25.2 Å². The third-order valence-electron chi connectivity index (χ3n) is 3.55. The second-order valence-corrected chi connectivity index (χ2v) is 7.83. The predicted molar refractivity (Wildman–Crippen MR) is 102 cm³/mol. The Morgan fingerprint density at radius 2 is 2.04 bits per heavy atom. The van der Waals surface area contributed by atoms with Crippen LogP contribution in [0.4, 0.5) is 16.6 Å². The number of benzene rings is 1. The number of nitrogens with one attached hydrogen (secondary N) is 2. The molecule has 0 radical (unpaired) electrons. The second kappa shape index (κ2) is 7.56. The lowest BCUT2D eigenvalue weighted by molar-refractivity contribution is -0.117. The van der Waals surface area contributed by atoms with Crippen LogP contribution in [0.1, 0.15) is 12.8 Å². The fourth-order valence-corrected chi connectivity index (χ4v) is 3.59. The van der Waals surface area contributed by atoms with E-state index in [0.29, 0.717) is 21.3 Å². The molecule has 3 aromatic rings. The van der Waals surface area contributed by atoms with Crippen molar-refractivity contribution in [1.29, 1.82) is 0 Å². The molecule has 132 valence electrons. The van der Waals surface area contributed by atoms with Gasteiger partial charge in [0.1, 0.15) is 17.3 Å². The van der Waals surface area contributed by atoms with Crippen molar-refractivity contribution in [3.63, 3.8) is 0 Å². The van der Waals surface area contributed by atoms with Gasteiger partial charge in [-0.1, -0.05) is 11.6 Å². The Bertz CT molecular complexity index is 915. The smallest absolute Gasteiger partial charge is 0.227 e. The molecule has 1 saturated carbocycles. The molecule has 4 rings (SSSR count). The fourth-order valence-electron chi connectivity index (χ4n) is 2.15. The van der Waals surface area contributed by atoms with E-state index >= 15 is 0 Å². The Labute approximate surface area is 162 Å². The number of anilines is 3. The standard InChI is InChI=1S/C16H13ClN6OS2/c17-12-7-13(22-15-18-8-19-26-15)23-16(21-12)25-11-5-3-10(4-6-11)20-14(24)9-1-2-9/h3-9H,1-2H2,(H,20,24)(H,18,19,21,22,23). The van der Waals surface area contributed by atoms with Crippen molar-refractivity contribution in [3.8, 4) is 0 Å². The minimum absolute atomic E-state index is 0.0935. The SMILES string of the molecule is O=C(Nc1ccc(Sc2nc(Cl)cc(Nc3ncns3)n2)cc1)C1CC1. The summed E-state index contributed by atoms with van der Waals surface area (Å²) in [5.41, 5.74) is 0.789. The molecule has 0 saturated heterocycles. The van der Waals surface area contributed by atoms with E-state index in [9.17, 15) is 4.79 Å². The molecule has 10 heteroatoms. The van der Waals surface area contributed by atoms with Crippen LogP contribution in [0, 0.1) is 5.92 Å². The Morgan fingerprint density at radius 3 is 2.73 bits per heavy atom. The molecule has 26 heavy (non-hydrogen) atoms. The van der Waals surface area contributed by atoms with Crippen LogP contribution in [-0.2, 0) is 4.79 Å².